The minimum Gasteiger partial charge on any atom is -0.468 e. The number of ether oxygens (including phenoxy) is 2. The Hall–Kier alpha value is -1.37. The summed E-state index contributed by atoms with van der Waals surface area (Å²) in [7, 11) is 1.00. The molecule has 2 heterocycles. The fourth-order valence-electron chi connectivity index (χ4n) is 2.84. The molecule has 3 rings (SSSR count). The van der Waals surface area contributed by atoms with Crippen molar-refractivity contribution in [3.63, 3.8) is 0 Å². The third-order valence-electron chi connectivity index (χ3n) is 5.26. The van der Waals surface area contributed by atoms with Gasteiger partial charge in [-0.05, 0) is 38.7 Å². The van der Waals surface area contributed by atoms with E-state index in [1.165, 1.54) is 7.11 Å². The summed E-state index contributed by atoms with van der Waals surface area (Å²) in [6.45, 7) is 8.82. The summed E-state index contributed by atoms with van der Waals surface area (Å²) in [5.41, 5.74) is 0.420. The SMILES string of the molecule is COC(=O)C1(c2ccc(B3OC(C)(C)C(C)(C)O3)cc2)COC1. The van der Waals surface area contributed by atoms with Gasteiger partial charge in [0.2, 0.25) is 0 Å². The Morgan fingerprint density at radius 3 is 1.96 bits per heavy atom. The maximum absolute atomic E-state index is 12.1. The molecule has 0 bridgehead atoms. The first-order chi connectivity index (χ1) is 10.7. The lowest BCUT2D eigenvalue weighted by Gasteiger charge is -2.38. The van der Waals surface area contributed by atoms with E-state index in [2.05, 4.69) is 0 Å². The van der Waals surface area contributed by atoms with Gasteiger partial charge in [-0.25, -0.2) is 0 Å². The van der Waals surface area contributed by atoms with E-state index in [9.17, 15) is 4.79 Å². The Bertz CT molecular complexity index is 588. The van der Waals surface area contributed by atoms with E-state index in [4.69, 9.17) is 18.8 Å². The van der Waals surface area contributed by atoms with Crippen molar-refractivity contribution < 1.29 is 23.6 Å². The molecule has 0 aliphatic carbocycles. The summed E-state index contributed by atoms with van der Waals surface area (Å²) >= 11 is 0. The van der Waals surface area contributed by atoms with Crippen LogP contribution in [0.3, 0.4) is 0 Å². The molecule has 2 aliphatic heterocycles. The second-order valence-corrected chi connectivity index (χ2v) is 7.28. The van der Waals surface area contributed by atoms with Crippen molar-refractivity contribution >= 4 is 18.6 Å². The molecule has 0 spiro atoms. The van der Waals surface area contributed by atoms with Gasteiger partial charge < -0.3 is 18.8 Å². The number of esters is 1. The van der Waals surface area contributed by atoms with E-state index in [1.54, 1.807) is 0 Å². The van der Waals surface area contributed by atoms with Crippen molar-refractivity contribution in [3.05, 3.63) is 29.8 Å². The lowest BCUT2D eigenvalue weighted by atomic mass is 9.74. The Morgan fingerprint density at radius 2 is 1.57 bits per heavy atom. The first-order valence-corrected chi connectivity index (χ1v) is 7.84. The Morgan fingerprint density at radius 1 is 1.04 bits per heavy atom. The molecule has 2 fully saturated rings. The highest BCUT2D eigenvalue weighted by molar-refractivity contribution is 6.62. The van der Waals surface area contributed by atoms with Crippen molar-refractivity contribution in [3.8, 4) is 0 Å². The number of carbonyl (C=O) groups is 1. The quantitative estimate of drug-likeness (QED) is 0.623. The van der Waals surface area contributed by atoms with E-state index in [0.29, 0.717) is 13.2 Å². The third-order valence-corrected chi connectivity index (χ3v) is 5.26. The molecule has 2 saturated heterocycles. The number of hydrogen-bond donors (Lipinski definition) is 0. The smallest absolute Gasteiger partial charge is 0.468 e. The molecule has 6 heteroatoms. The van der Waals surface area contributed by atoms with Crippen molar-refractivity contribution in [1.82, 2.24) is 0 Å². The number of carbonyl (C=O) groups excluding carboxylic acids is 1. The van der Waals surface area contributed by atoms with E-state index in [0.717, 1.165) is 11.0 Å². The average Bonchev–Trinajstić information content (AvgIpc) is 2.67. The molecule has 0 saturated carbocycles. The predicted molar refractivity (Wildman–Crippen MR) is 86.7 cm³/mol. The zero-order valence-electron chi connectivity index (χ0n) is 14.3. The molecule has 0 aromatic heterocycles. The molecular formula is C17H23BO5. The second-order valence-electron chi connectivity index (χ2n) is 7.28. The van der Waals surface area contributed by atoms with Crippen LogP contribution >= 0.6 is 0 Å². The van der Waals surface area contributed by atoms with Crippen LogP contribution in [0.1, 0.15) is 33.3 Å². The van der Waals surface area contributed by atoms with Gasteiger partial charge in [-0.3, -0.25) is 4.79 Å². The molecule has 1 aromatic carbocycles. The van der Waals surface area contributed by atoms with Crippen molar-refractivity contribution in [2.24, 2.45) is 0 Å². The molecule has 0 atom stereocenters. The minimum absolute atomic E-state index is 0.257. The zero-order chi connectivity index (χ0) is 16.9. The van der Waals surface area contributed by atoms with Crippen molar-refractivity contribution in [1.29, 1.82) is 0 Å². The molecular weight excluding hydrogens is 295 g/mol. The topological polar surface area (TPSA) is 54.0 Å². The van der Waals surface area contributed by atoms with Gasteiger partial charge in [0.1, 0.15) is 5.41 Å². The van der Waals surface area contributed by atoms with Crippen LogP contribution in [0, 0.1) is 0 Å². The van der Waals surface area contributed by atoms with E-state index >= 15 is 0 Å². The second kappa shape index (κ2) is 5.33. The summed E-state index contributed by atoms with van der Waals surface area (Å²) < 4.78 is 22.3. The van der Waals surface area contributed by atoms with Crippen LogP contribution in [0.2, 0.25) is 0 Å². The molecule has 0 N–H and O–H groups in total. The number of hydrogen-bond acceptors (Lipinski definition) is 5. The third kappa shape index (κ3) is 2.49. The maximum atomic E-state index is 12.1. The first kappa shape index (κ1) is 16.5. The van der Waals surface area contributed by atoms with Crippen LogP contribution in [0.4, 0.5) is 0 Å². The van der Waals surface area contributed by atoms with Crippen molar-refractivity contribution in [2.75, 3.05) is 20.3 Å². The van der Waals surface area contributed by atoms with Crippen LogP contribution in [-0.4, -0.2) is 44.6 Å². The van der Waals surface area contributed by atoms with Gasteiger partial charge in [-0.1, -0.05) is 24.3 Å². The fourth-order valence-corrected chi connectivity index (χ4v) is 2.84. The van der Waals surface area contributed by atoms with Gasteiger partial charge in [-0.2, -0.15) is 0 Å². The molecule has 1 aromatic rings. The van der Waals surface area contributed by atoms with Gasteiger partial charge in [0.05, 0.1) is 31.5 Å². The molecule has 0 unspecified atom stereocenters. The molecule has 124 valence electrons. The Kier molecular flexibility index (Phi) is 3.82. The minimum atomic E-state index is -0.677. The van der Waals surface area contributed by atoms with E-state index < -0.39 is 12.5 Å². The molecule has 0 radical (unpaired) electrons. The molecule has 2 aliphatic rings. The number of benzene rings is 1. The lowest BCUT2D eigenvalue weighted by molar-refractivity contribution is -0.166. The van der Waals surface area contributed by atoms with Gasteiger partial charge in [0.15, 0.2) is 0 Å². The monoisotopic (exact) mass is 318 g/mol. The van der Waals surface area contributed by atoms with E-state index in [1.807, 2.05) is 52.0 Å². The van der Waals surface area contributed by atoms with Crippen LogP contribution in [0.5, 0.6) is 0 Å². The van der Waals surface area contributed by atoms with Gasteiger partial charge in [0.25, 0.3) is 0 Å². The standard InChI is InChI=1S/C17H23BO5/c1-15(2)16(3,4)23-18(22-15)13-8-6-12(7-9-13)17(10-21-11-17)14(19)20-5/h6-9H,10-11H2,1-5H3. The Balaban J connectivity index is 1.82. The highest BCUT2D eigenvalue weighted by atomic mass is 16.7. The largest absolute Gasteiger partial charge is 0.494 e. The molecule has 23 heavy (non-hydrogen) atoms. The van der Waals surface area contributed by atoms with Crippen LogP contribution in [0.25, 0.3) is 0 Å². The highest BCUT2D eigenvalue weighted by Crippen LogP contribution is 2.37. The van der Waals surface area contributed by atoms with Gasteiger partial charge in [0, 0.05) is 0 Å². The summed E-state index contributed by atoms with van der Waals surface area (Å²) in [4.78, 5) is 12.1. The summed E-state index contributed by atoms with van der Waals surface area (Å²) in [6, 6.07) is 7.75. The lowest BCUT2D eigenvalue weighted by Crippen LogP contribution is -2.53. The summed E-state index contributed by atoms with van der Waals surface area (Å²) in [5.74, 6) is -0.257. The highest BCUT2D eigenvalue weighted by Gasteiger charge is 2.52. The molecule has 5 nitrogen and oxygen atoms in total. The summed E-state index contributed by atoms with van der Waals surface area (Å²) in [5, 5.41) is 0. The van der Waals surface area contributed by atoms with Gasteiger partial charge in [-0.15, -0.1) is 0 Å². The van der Waals surface area contributed by atoms with Crippen LogP contribution in [0.15, 0.2) is 24.3 Å². The normalized spacial score (nSPS) is 24.1. The van der Waals surface area contributed by atoms with Crippen LogP contribution < -0.4 is 5.46 Å². The predicted octanol–water partition coefficient (Wildman–Crippen LogP) is 1.43. The number of methoxy groups -OCH3 is 1. The zero-order valence-corrected chi connectivity index (χ0v) is 14.3. The average molecular weight is 318 g/mol. The van der Waals surface area contributed by atoms with Gasteiger partial charge >= 0.3 is 13.1 Å². The first-order valence-electron chi connectivity index (χ1n) is 7.84. The van der Waals surface area contributed by atoms with Crippen LogP contribution in [-0.2, 0) is 29.0 Å². The summed E-state index contributed by atoms with van der Waals surface area (Å²) in [6.07, 6.45) is 0. The maximum Gasteiger partial charge on any atom is 0.494 e. The number of rotatable bonds is 3. The Labute approximate surface area is 137 Å². The van der Waals surface area contributed by atoms with Crippen molar-refractivity contribution in [2.45, 2.75) is 44.3 Å². The molecule has 0 amide bonds. The fraction of sp³-hybridized carbons (Fsp3) is 0.588. The van der Waals surface area contributed by atoms with E-state index in [-0.39, 0.29) is 17.2 Å².